The summed E-state index contributed by atoms with van der Waals surface area (Å²) in [5, 5.41) is 30.5. The van der Waals surface area contributed by atoms with E-state index in [1.807, 2.05) is 0 Å². The zero-order chi connectivity index (χ0) is 22.0. The van der Waals surface area contributed by atoms with Crippen molar-refractivity contribution in [2.75, 3.05) is 5.43 Å². The van der Waals surface area contributed by atoms with E-state index in [1.165, 1.54) is 22.9 Å². The minimum absolute atomic E-state index is 0.0269. The van der Waals surface area contributed by atoms with Gasteiger partial charge in [0.2, 0.25) is 11.6 Å². The zero-order valence-corrected chi connectivity index (χ0v) is 15.4. The summed E-state index contributed by atoms with van der Waals surface area (Å²) in [7, 11) is 0. The van der Waals surface area contributed by atoms with Gasteiger partial charge in [0, 0.05) is 17.7 Å². The van der Waals surface area contributed by atoms with Crippen LogP contribution in [0.15, 0.2) is 54.9 Å². The predicted molar refractivity (Wildman–Crippen MR) is 105 cm³/mol. The summed E-state index contributed by atoms with van der Waals surface area (Å²) in [6, 6.07) is 11.8. The number of hydrazine groups is 1. The molecule has 0 saturated heterocycles. The minimum Gasteiger partial charge on any atom is -0.276 e. The van der Waals surface area contributed by atoms with Gasteiger partial charge in [0.15, 0.2) is 0 Å². The van der Waals surface area contributed by atoms with Crippen molar-refractivity contribution < 1.29 is 14.6 Å². The van der Waals surface area contributed by atoms with Crippen LogP contribution >= 0.6 is 0 Å². The molecule has 0 spiro atoms. The molecule has 0 aliphatic heterocycles. The Morgan fingerprint density at radius 1 is 1.00 bits per heavy atom. The Bertz CT molecular complexity index is 1340. The van der Waals surface area contributed by atoms with Gasteiger partial charge in [0.05, 0.1) is 15.4 Å². The van der Waals surface area contributed by atoms with Crippen LogP contribution in [0.5, 0.6) is 0 Å². The summed E-state index contributed by atoms with van der Waals surface area (Å²) in [4.78, 5) is 41.3. The largest absolute Gasteiger partial charge is 0.357 e. The van der Waals surface area contributed by atoms with E-state index in [-0.39, 0.29) is 22.9 Å². The minimum atomic E-state index is -0.760. The van der Waals surface area contributed by atoms with Gasteiger partial charge in [-0.1, -0.05) is 23.4 Å². The molecular weight excluding hydrogens is 410 g/mol. The molecule has 31 heavy (non-hydrogen) atoms. The molecule has 4 aromatic rings. The number of non-ortho nitro benzene ring substituents is 1. The molecule has 1 amide bonds. The van der Waals surface area contributed by atoms with Crippen LogP contribution in [0.4, 0.5) is 17.2 Å². The van der Waals surface area contributed by atoms with E-state index in [1.54, 1.807) is 24.3 Å². The third kappa shape index (κ3) is 3.67. The Hall–Kier alpha value is -5.01. The first-order valence-electron chi connectivity index (χ1n) is 8.56. The first-order valence-corrected chi connectivity index (χ1v) is 8.56. The van der Waals surface area contributed by atoms with Crippen LogP contribution < -0.4 is 10.9 Å². The van der Waals surface area contributed by atoms with Crippen molar-refractivity contribution in [3.8, 4) is 5.82 Å². The second-order valence-corrected chi connectivity index (χ2v) is 6.03. The quantitative estimate of drug-likeness (QED) is 0.343. The van der Waals surface area contributed by atoms with Crippen molar-refractivity contribution in [3.05, 3.63) is 80.7 Å². The van der Waals surface area contributed by atoms with Gasteiger partial charge in [-0.3, -0.25) is 35.9 Å². The fourth-order valence-electron chi connectivity index (χ4n) is 2.76. The number of anilines is 1. The summed E-state index contributed by atoms with van der Waals surface area (Å²) in [6.45, 7) is 0. The van der Waals surface area contributed by atoms with Crippen molar-refractivity contribution in [1.29, 1.82) is 0 Å². The van der Waals surface area contributed by atoms with E-state index in [0.717, 1.165) is 12.4 Å². The molecule has 2 aromatic carbocycles. The van der Waals surface area contributed by atoms with Gasteiger partial charge in [-0.25, -0.2) is 9.97 Å². The lowest BCUT2D eigenvalue weighted by molar-refractivity contribution is -0.384. The molecule has 0 fully saturated rings. The molecule has 0 saturated carbocycles. The number of hydrogen-bond donors (Lipinski definition) is 2. The number of hydrogen-bond acceptors (Lipinski definition) is 10. The van der Waals surface area contributed by atoms with Crippen LogP contribution in [0, 0.1) is 20.2 Å². The normalized spacial score (nSPS) is 10.6. The van der Waals surface area contributed by atoms with E-state index in [2.05, 4.69) is 31.1 Å². The number of amides is 1. The lowest BCUT2D eigenvalue weighted by Crippen LogP contribution is -2.30. The molecule has 0 unspecified atom stereocenters. The second-order valence-electron chi connectivity index (χ2n) is 6.03. The first-order chi connectivity index (χ1) is 15.0. The Balaban J connectivity index is 1.66. The Kier molecular flexibility index (Phi) is 4.85. The molecule has 0 bridgehead atoms. The van der Waals surface area contributed by atoms with Gasteiger partial charge in [-0.05, 0) is 18.2 Å². The molecule has 0 aliphatic rings. The fraction of sp³-hybridized carbons (Fsp3) is 0. The van der Waals surface area contributed by atoms with Crippen molar-refractivity contribution in [1.82, 2.24) is 30.4 Å². The van der Waals surface area contributed by atoms with Crippen molar-refractivity contribution >= 4 is 34.1 Å². The van der Waals surface area contributed by atoms with E-state index in [9.17, 15) is 25.0 Å². The number of fused-ring (bicyclic) bond motifs is 1. The number of nitro benzene ring substituents is 1. The summed E-state index contributed by atoms with van der Waals surface area (Å²) in [5.41, 5.74) is 4.73. The van der Waals surface area contributed by atoms with Gasteiger partial charge >= 0.3 is 5.69 Å². The van der Waals surface area contributed by atoms with Crippen LogP contribution in [-0.4, -0.2) is 40.7 Å². The highest BCUT2D eigenvalue weighted by Gasteiger charge is 2.26. The second kappa shape index (κ2) is 7.78. The number of nitrogens with one attached hydrogen (secondary N) is 2. The molecule has 0 atom stereocenters. The van der Waals surface area contributed by atoms with Gasteiger partial charge in [0.25, 0.3) is 11.6 Å². The van der Waals surface area contributed by atoms with Crippen molar-refractivity contribution in [2.24, 2.45) is 0 Å². The molecular formula is C17H11N9O5. The number of carbonyl (C=O) groups excluding carboxylic acids is 1. The molecule has 154 valence electrons. The molecule has 0 aliphatic carbocycles. The summed E-state index contributed by atoms with van der Waals surface area (Å²) >= 11 is 0. The lowest BCUT2D eigenvalue weighted by atomic mass is 10.2. The highest BCUT2D eigenvalue weighted by molar-refractivity contribution is 5.95. The molecule has 4 rings (SSSR count). The smallest absolute Gasteiger partial charge is 0.276 e. The van der Waals surface area contributed by atoms with Gasteiger partial charge in [-0.2, -0.15) is 4.68 Å². The van der Waals surface area contributed by atoms with Crippen molar-refractivity contribution in [2.45, 2.75) is 0 Å². The predicted octanol–water partition coefficient (Wildman–Crippen LogP) is 1.78. The number of aromatic nitrogens is 5. The van der Waals surface area contributed by atoms with Crippen LogP contribution in [0.2, 0.25) is 0 Å². The highest BCUT2D eigenvalue weighted by atomic mass is 16.6. The summed E-state index contributed by atoms with van der Waals surface area (Å²) in [6.07, 6.45) is 1.06. The van der Waals surface area contributed by atoms with E-state index < -0.39 is 21.4 Å². The van der Waals surface area contributed by atoms with E-state index >= 15 is 0 Å². The lowest BCUT2D eigenvalue weighted by Gasteiger charge is -2.10. The van der Waals surface area contributed by atoms with Crippen LogP contribution in [-0.2, 0) is 0 Å². The molecule has 2 N–H and O–H groups in total. The van der Waals surface area contributed by atoms with Crippen LogP contribution in [0.1, 0.15) is 10.4 Å². The van der Waals surface area contributed by atoms with Gasteiger partial charge in [-0.15, -0.1) is 5.10 Å². The average molecular weight is 421 g/mol. The first kappa shape index (κ1) is 19.3. The fourth-order valence-corrected chi connectivity index (χ4v) is 2.76. The molecule has 2 heterocycles. The standard InChI is InChI=1S/C17H11N9O5/c27-17(10-4-3-5-11(8-10)25(28)29)22-21-15-14(26(30)31)16(19-9-18-15)24-13-7-2-1-6-12(13)20-23-24/h1-9H,(H,22,27)(H,18,19,21). The Morgan fingerprint density at radius 3 is 2.58 bits per heavy atom. The molecule has 14 heteroatoms. The van der Waals surface area contributed by atoms with Gasteiger partial charge in [0.1, 0.15) is 11.8 Å². The summed E-state index contributed by atoms with van der Waals surface area (Å²) < 4.78 is 1.18. The third-order valence-corrected chi connectivity index (χ3v) is 4.15. The highest BCUT2D eigenvalue weighted by Crippen LogP contribution is 2.28. The monoisotopic (exact) mass is 421 g/mol. The molecule has 0 radical (unpaired) electrons. The van der Waals surface area contributed by atoms with E-state index in [4.69, 9.17) is 0 Å². The van der Waals surface area contributed by atoms with E-state index in [0.29, 0.717) is 11.0 Å². The summed E-state index contributed by atoms with van der Waals surface area (Å²) in [5.74, 6) is -1.24. The van der Waals surface area contributed by atoms with Gasteiger partial charge < -0.3 is 0 Å². The number of nitro groups is 2. The maximum Gasteiger partial charge on any atom is 0.357 e. The maximum absolute atomic E-state index is 12.3. The average Bonchev–Trinajstić information content (AvgIpc) is 3.21. The number of nitrogens with zero attached hydrogens (tertiary/aromatic N) is 7. The van der Waals surface area contributed by atoms with Crippen LogP contribution in [0.3, 0.4) is 0 Å². The number of carbonyl (C=O) groups is 1. The molecule has 14 nitrogen and oxygen atoms in total. The maximum atomic E-state index is 12.3. The van der Waals surface area contributed by atoms with Crippen molar-refractivity contribution in [3.63, 3.8) is 0 Å². The topological polar surface area (TPSA) is 184 Å². The molecule has 2 aromatic heterocycles. The van der Waals surface area contributed by atoms with Crippen LogP contribution in [0.25, 0.3) is 16.9 Å². The number of benzene rings is 2. The number of rotatable bonds is 6. The SMILES string of the molecule is O=C(NNc1ncnc(-n2nnc3ccccc32)c1[N+](=O)[O-])c1cccc([N+](=O)[O-])c1. The zero-order valence-electron chi connectivity index (χ0n) is 15.4. The Morgan fingerprint density at radius 2 is 1.81 bits per heavy atom. The third-order valence-electron chi connectivity index (χ3n) is 4.15. The Labute approximate surface area is 171 Å². The number of para-hydroxylation sites is 1.